The van der Waals surface area contributed by atoms with E-state index in [9.17, 15) is 14.4 Å². The van der Waals surface area contributed by atoms with E-state index in [2.05, 4.69) is 12.2 Å². The molecule has 8 heteroatoms. The van der Waals surface area contributed by atoms with E-state index in [4.69, 9.17) is 14.2 Å². The van der Waals surface area contributed by atoms with Gasteiger partial charge in [-0.25, -0.2) is 0 Å². The largest absolute Gasteiger partial charge is 0.460 e. The average molecular weight is 565 g/mol. The highest BCUT2D eigenvalue weighted by molar-refractivity contribution is 5.84. The predicted molar refractivity (Wildman–Crippen MR) is 156 cm³/mol. The van der Waals surface area contributed by atoms with Crippen LogP contribution in [-0.4, -0.2) is 66.9 Å². The molecule has 2 amide bonds. The molecule has 2 atom stereocenters. The summed E-state index contributed by atoms with van der Waals surface area (Å²) in [5.41, 5.74) is -0.656. The van der Waals surface area contributed by atoms with Gasteiger partial charge in [0, 0.05) is 23.9 Å². The number of unbranched alkanes of at least 4 members (excludes halogenated alkanes) is 7. The van der Waals surface area contributed by atoms with Gasteiger partial charge in [-0.2, -0.15) is 0 Å². The molecule has 8 nitrogen and oxygen atoms in total. The summed E-state index contributed by atoms with van der Waals surface area (Å²) < 4.78 is 17.3. The second kappa shape index (κ2) is 15.0. The average Bonchev–Trinajstić information content (AvgIpc) is 2.88. The lowest BCUT2D eigenvalue weighted by Gasteiger charge is -2.45. The number of likely N-dealkylation sites (tertiary alicyclic amines) is 1. The van der Waals surface area contributed by atoms with Crippen molar-refractivity contribution in [2.45, 2.75) is 149 Å². The number of carbonyl (C=O) groups is 3. The van der Waals surface area contributed by atoms with Crippen LogP contribution in [0.25, 0.3) is 0 Å². The first-order valence-electron chi connectivity index (χ1n) is 16.1. The van der Waals surface area contributed by atoms with Crippen molar-refractivity contribution >= 4 is 17.8 Å². The van der Waals surface area contributed by atoms with Gasteiger partial charge in [0.05, 0.1) is 19.6 Å². The van der Waals surface area contributed by atoms with Crippen molar-refractivity contribution in [2.24, 2.45) is 10.8 Å². The molecule has 3 aliphatic rings. The maximum absolute atomic E-state index is 13.6. The van der Waals surface area contributed by atoms with E-state index in [1.54, 1.807) is 13.8 Å². The zero-order valence-corrected chi connectivity index (χ0v) is 26.0. The van der Waals surface area contributed by atoms with E-state index in [1.807, 2.05) is 18.7 Å². The van der Waals surface area contributed by atoms with Gasteiger partial charge in [0.15, 0.2) is 5.79 Å². The highest BCUT2D eigenvalue weighted by atomic mass is 16.7. The third kappa shape index (κ3) is 9.43. The Morgan fingerprint density at radius 1 is 0.950 bits per heavy atom. The molecule has 2 heterocycles. The third-order valence-electron chi connectivity index (χ3n) is 9.01. The number of rotatable bonds is 15. The fraction of sp³-hybridized carbons (Fsp3) is 0.906. The van der Waals surface area contributed by atoms with Gasteiger partial charge in [0.1, 0.15) is 12.2 Å². The number of carbonyl (C=O) groups excluding carboxylic acids is 3. The summed E-state index contributed by atoms with van der Waals surface area (Å²) in [5.74, 6) is -1.14. The van der Waals surface area contributed by atoms with Crippen LogP contribution in [0.1, 0.15) is 131 Å². The molecule has 1 saturated carbocycles. The number of piperidine rings is 1. The number of hydrogen-bond donors (Lipinski definition) is 1. The van der Waals surface area contributed by atoms with Gasteiger partial charge >= 0.3 is 5.97 Å². The van der Waals surface area contributed by atoms with Crippen molar-refractivity contribution in [3.8, 4) is 0 Å². The maximum atomic E-state index is 13.6. The van der Waals surface area contributed by atoms with Crippen molar-refractivity contribution in [3.63, 3.8) is 0 Å². The molecule has 3 fully saturated rings. The predicted octanol–water partition coefficient (Wildman–Crippen LogP) is 5.91. The van der Waals surface area contributed by atoms with E-state index in [1.165, 1.54) is 44.9 Å². The molecule has 2 aliphatic heterocycles. The molecular weight excluding hydrogens is 508 g/mol. The van der Waals surface area contributed by atoms with Crippen LogP contribution in [0.3, 0.4) is 0 Å². The fourth-order valence-electron chi connectivity index (χ4n) is 6.27. The van der Waals surface area contributed by atoms with Crippen molar-refractivity contribution in [1.29, 1.82) is 0 Å². The van der Waals surface area contributed by atoms with Gasteiger partial charge in [-0.05, 0) is 46.0 Å². The van der Waals surface area contributed by atoms with Gasteiger partial charge in [-0.1, -0.05) is 78.6 Å². The first kappa shape index (κ1) is 32.8. The Morgan fingerprint density at radius 2 is 1.62 bits per heavy atom. The second-order valence-electron chi connectivity index (χ2n) is 13.6. The molecule has 0 aromatic carbocycles. The van der Waals surface area contributed by atoms with Crippen molar-refractivity contribution < 1.29 is 28.6 Å². The molecule has 2 saturated heterocycles. The van der Waals surface area contributed by atoms with E-state index in [0.29, 0.717) is 13.2 Å². The van der Waals surface area contributed by atoms with Gasteiger partial charge in [0.25, 0.3) is 0 Å². The third-order valence-corrected chi connectivity index (χ3v) is 9.01. The normalized spacial score (nSPS) is 25.1. The molecule has 0 aromatic heterocycles. The molecule has 1 aliphatic carbocycles. The summed E-state index contributed by atoms with van der Waals surface area (Å²) in [5, 5.41) is 2.83. The van der Waals surface area contributed by atoms with Gasteiger partial charge in [0.2, 0.25) is 11.8 Å². The monoisotopic (exact) mass is 564 g/mol. The van der Waals surface area contributed by atoms with Crippen LogP contribution >= 0.6 is 0 Å². The summed E-state index contributed by atoms with van der Waals surface area (Å²) >= 11 is 0. The Morgan fingerprint density at radius 3 is 2.27 bits per heavy atom. The molecule has 1 N–H and O–H groups in total. The maximum Gasteiger partial charge on any atom is 0.307 e. The summed E-state index contributed by atoms with van der Waals surface area (Å²) in [4.78, 5) is 40.9. The van der Waals surface area contributed by atoms with Crippen molar-refractivity contribution in [3.05, 3.63) is 0 Å². The quantitative estimate of drug-likeness (QED) is 0.196. The highest BCUT2D eigenvalue weighted by Crippen LogP contribution is 2.47. The van der Waals surface area contributed by atoms with E-state index < -0.39 is 17.3 Å². The molecule has 40 heavy (non-hydrogen) atoms. The topological polar surface area (TPSA) is 94.2 Å². The van der Waals surface area contributed by atoms with E-state index >= 15 is 0 Å². The minimum Gasteiger partial charge on any atom is -0.460 e. The highest BCUT2D eigenvalue weighted by Gasteiger charge is 2.47. The zero-order chi connectivity index (χ0) is 29.2. The number of amides is 2. The van der Waals surface area contributed by atoms with E-state index in [-0.39, 0.29) is 42.3 Å². The first-order chi connectivity index (χ1) is 19.0. The van der Waals surface area contributed by atoms with Crippen LogP contribution in [0.2, 0.25) is 0 Å². The second-order valence-corrected chi connectivity index (χ2v) is 13.6. The SMILES string of the molecule is CCCCCCCCCCC1(C(=O)N2CCCC(OC(=O)CCNC(=O)C3OC(C)(C)OCC3(C)C)C2)CCC1. The molecule has 2 unspecified atom stereocenters. The Hall–Kier alpha value is -1.67. The molecule has 0 spiro atoms. The van der Waals surface area contributed by atoms with Crippen molar-refractivity contribution in [1.82, 2.24) is 10.2 Å². The Labute approximate surface area is 242 Å². The Balaban J connectivity index is 1.37. The minimum absolute atomic E-state index is 0.0889. The van der Waals surface area contributed by atoms with Crippen LogP contribution in [0.15, 0.2) is 0 Å². The molecule has 3 rings (SSSR count). The number of ether oxygens (including phenoxy) is 3. The smallest absolute Gasteiger partial charge is 0.307 e. The Kier molecular flexibility index (Phi) is 12.3. The van der Waals surface area contributed by atoms with Gasteiger partial charge < -0.3 is 24.4 Å². The summed E-state index contributed by atoms with van der Waals surface area (Å²) in [7, 11) is 0. The van der Waals surface area contributed by atoms with Crippen LogP contribution in [-0.2, 0) is 28.6 Å². The van der Waals surface area contributed by atoms with Gasteiger partial charge in [-0.3, -0.25) is 14.4 Å². The summed E-state index contributed by atoms with van der Waals surface area (Å²) in [6.45, 7) is 11.5. The molecule has 0 radical (unpaired) electrons. The lowest BCUT2D eigenvalue weighted by atomic mass is 9.64. The van der Waals surface area contributed by atoms with Crippen LogP contribution in [0.5, 0.6) is 0 Å². The summed E-state index contributed by atoms with van der Waals surface area (Å²) in [6.07, 6.45) is 15.1. The lowest BCUT2D eigenvalue weighted by Crippen LogP contribution is -2.56. The number of esters is 1. The number of nitrogens with zero attached hydrogens (tertiary/aromatic N) is 1. The van der Waals surface area contributed by atoms with Gasteiger partial charge in [-0.15, -0.1) is 0 Å². The van der Waals surface area contributed by atoms with Crippen molar-refractivity contribution in [2.75, 3.05) is 26.2 Å². The fourth-order valence-corrected chi connectivity index (χ4v) is 6.27. The Bertz CT molecular complexity index is 837. The molecule has 0 bridgehead atoms. The zero-order valence-electron chi connectivity index (χ0n) is 26.0. The number of nitrogens with one attached hydrogen (secondary N) is 1. The minimum atomic E-state index is -0.827. The molecular formula is C32H56N2O6. The molecule has 0 aromatic rings. The summed E-state index contributed by atoms with van der Waals surface area (Å²) in [6, 6.07) is 0. The number of hydrogen-bond acceptors (Lipinski definition) is 6. The van der Waals surface area contributed by atoms with E-state index in [0.717, 1.165) is 51.5 Å². The molecule has 230 valence electrons. The standard InChI is InChI=1S/C32H56N2O6/c1-6-7-8-9-10-11-12-13-18-32(19-15-20-32)29(37)34-22-14-16-25(23-34)39-26(35)17-21-33-28(36)27-30(2,3)24-38-31(4,5)40-27/h25,27H,6-24H2,1-5H3,(H,33,36). The van der Waals surface area contributed by atoms with Crippen LogP contribution in [0, 0.1) is 10.8 Å². The first-order valence-corrected chi connectivity index (χ1v) is 16.1. The lowest BCUT2D eigenvalue weighted by molar-refractivity contribution is -0.304. The van der Waals surface area contributed by atoms with Crippen LogP contribution < -0.4 is 5.32 Å². The van der Waals surface area contributed by atoms with Crippen LogP contribution in [0.4, 0.5) is 0 Å².